The van der Waals surface area contributed by atoms with Gasteiger partial charge in [0, 0.05) is 26.3 Å². The fourth-order valence-electron chi connectivity index (χ4n) is 3.50. The average molecular weight is 404 g/mol. The molecule has 6 nitrogen and oxygen atoms in total. The molecular formula is C21H29N3O3S. The van der Waals surface area contributed by atoms with E-state index in [9.17, 15) is 13.2 Å². The van der Waals surface area contributed by atoms with Gasteiger partial charge in [0.1, 0.15) is 10.6 Å². The van der Waals surface area contributed by atoms with Gasteiger partial charge in [-0.2, -0.15) is 4.31 Å². The van der Waals surface area contributed by atoms with Crippen LogP contribution in [-0.4, -0.2) is 36.3 Å². The Labute approximate surface area is 167 Å². The van der Waals surface area contributed by atoms with E-state index >= 15 is 0 Å². The van der Waals surface area contributed by atoms with Gasteiger partial charge < -0.3 is 9.88 Å². The molecule has 1 aromatic heterocycles. The smallest absolute Gasteiger partial charge is 0.268 e. The topological polar surface area (TPSA) is 71.4 Å². The number of amides is 1. The van der Waals surface area contributed by atoms with Crippen LogP contribution in [0.5, 0.6) is 0 Å². The Bertz CT molecular complexity index is 940. The molecule has 2 aromatic rings. The average Bonchev–Trinajstić information content (AvgIpc) is 3.32. The molecule has 1 atom stereocenters. The maximum atomic E-state index is 12.7. The lowest BCUT2D eigenvalue weighted by atomic mass is 9.99. The first-order valence-corrected chi connectivity index (χ1v) is 11.2. The van der Waals surface area contributed by atoms with Crippen molar-refractivity contribution in [3.8, 4) is 0 Å². The molecule has 1 saturated heterocycles. The molecule has 0 bridgehead atoms. The number of carbonyl (C=O) groups is 1. The van der Waals surface area contributed by atoms with Gasteiger partial charge in [-0.15, -0.1) is 0 Å². The first-order chi connectivity index (χ1) is 13.2. The molecule has 0 saturated carbocycles. The van der Waals surface area contributed by atoms with Crippen molar-refractivity contribution in [1.82, 2.24) is 14.2 Å². The van der Waals surface area contributed by atoms with E-state index < -0.39 is 10.0 Å². The number of hydrogen-bond acceptors (Lipinski definition) is 3. The first kappa shape index (κ1) is 20.6. The third-order valence-corrected chi connectivity index (χ3v) is 7.23. The van der Waals surface area contributed by atoms with Crippen LogP contribution in [-0.2, 0) is 17.1 Å². The Morgan fingerprint density at radius 1 is 1.04 bits per heavy atom. The Hall–Kier alpha value is -2.12. The van der Waals surface area contributed by atoms with Crippen molar-refractivity contribution in [1.29, 1.82) is 0 Å². The quantitative estimate of drug-likeness (QED) is 0.803. The molecule has 2 heterocycles. The predicted molar refractivity (Wildman–Crippen MR) is 110 cm³/mol. The normalized spacial score (nSPS) is 16.5. The molecule has 0 aliphatic carbocycles. The van der Waals surface area contributed by atoms with Gasteiger partial charge >= 0.3 is 0 Å². The van der Waals surface area contributed by atoms with Crippen LogP contribution in [0.25, 0.3) is 0 Å². The zero-order valence-corrected chi connectivity index (χ0v) is 17.8. The van der Waals surface area contributed by atoms with Gasteiger partial charge in [0.2, 0.25) is 10.0 Å². The van der Waals surface area contributed by atoms with Gasteiger partial charge in [-0.05, 0) is 42.9 Å². The summed E-state index contributed by atoms with van der Waals surface area (Å²) in [5, 5.41) is 2.97. The van der Waals surface area contributed by atoms with Crippen molar-refractivity contribution in [3.05, 3.63) is 53.3 Å². The lowest BCUT2D eigenvalue weighted by Crippen LogP contribution is -2.28. The highest BCUT2D eigenvalue weighted by Gasteiger charge is 2.29. The molecule has 1 amide bonds. The van der Waals surface area contributed by atoms with E-state index in [-0.39, 0.29) is 16.8 Å². The summed E-state index contributed by atoms with van der Waals surface area (Å²) in [5.41, 5.74) is 2.60. The van der Waals surface area contributed by atoms with Crippen LogP contribution in [0.4, 0.5) is 0 Å². The van der Waals surface area contributed by atoms with Gasteiger partial charge in [0.25, 0.3) is 5.91 Å². The molecule has 7 heteroatoms. The molecule has 1 fully saturated rings. The molecule has 1 N–H and O–H groups in total. The van der Waals surface area contributed by atoms with E-state index in [4.69, 9.17) is 0 Å². The summed E-state index contributed by atoms with van der Waals surface area (Å²) in [7, 11) is -1.84. The molecule has 1 aliphatic rings. The van der Waals surface area contributed by atoms with E-state index in [1.165, 1.54) is 22.1 Å². The van der Waals surface area contributed by atoms with Crippen molar-refractivity contribution in [2.75, 3.05) is 13.1 Å². The van der Waals surface area contributed by atoms with Crippen molar-refractivity contribution in [2.45, 2.75) is 50.5 Å². The number of benzene rings is 1. The molecule has 28 heavy (non-hydrogen) atoms. The zero-order chi connectivity index (χ0) is 20.5. The minimum atomic E-state index is -3.53. The standard InChI is InChI=1S/C21H29N3O3S/c1-15(2)17-7-9-18(10-8-17)16(3)22-21(25)20-13-19(14-23(20)4)28(26,27)24-11-5-6-12-24/h7-10,13-16H,5-6,11-12H2,1-4H3,(H,22,25). The SMILES string of the molecule is CC(C)c1ccc(C(C)NC(=O)c2cc(S(=O)(=O)N3CCCC3)cn2C)cc1. The summed E-state index contributed by atoms with van der Waals surface area (Å²) in [6.45, 7) is 7.30. The van der Waals surface area contributed by atoms with E-state index in [0.29, 0.717) is 24.7 Å². The molecule has 1 unspecified atom stereocenters. The molecule has 152 valence electrons. The van der Waals surface area contributed by atoms with Gasteiger partial charge in [-0.3, -0.25) is 4.79 Å². The maximum absolute atomic E-state index is 12.7. The number of sulfonamides is 1. The predicted octanol–water partition coefficient (Wildman–Crippen LogP) is 3.42. The van der Waals surface area contributed by atoms with Crippen LogP contribution < -0.4 is 5.32 Å². The summed E-state index contributed by atoms with van der Waals surface area (Å²) in [5.74, 6) is 0.170. The lowest BCUT2D eigenvalue weighted by Gasteiger charge is -2.16. The van der Waals surface area contributed by atoms with Gasteiger partial charge in [-0.1, -0.05) is 38.1 Å². The second kappa shape index (κ2) is 8.09. The monoisotopic (exact) mass is 403 g/mol. The number of rotatable bonds is 6. The lowest BCUT2D eigenvalue weighted by molar-refractivity contribution is 0.0931. The highest BCUT2D eigenvalue weighted by Crippen LogP contribution is 2.23. The molecule has 1 aliphatic heterocycles. The van der Waals surface area contributed by atoms with Crippen molar-refractivity contribution in [3.63, 3.8) is 0 Å². The van der Waals surface area contributed by atoms with Crippen molar-refractivity contribution < 1.29 is 13.2 Å². The van der Waals surface area contributed by atoms with Crippen LogP contribution in [0.15, 0.2) is 41.4 Å². The van der Waals surface area contributed by atoms with Gasteiger partial charge in [0.05, 0.1) is 6.04 Å². The maximum Gasteiger partial charge on any atom is 0.268 e. The first-order valence-electron chi connectivity index (χ1n) is 9.77. The van der Waals surface area contributed by atoms with E-state index in [1.807, 2.05) is 19.1 Å². The third kappa shape index (κ3) is 4.15. The van der Waals surface area contributed by atoms with E-state index in [2.05, 4.69) is 31.3 Å². The van der Waals surface area contributed by atoms with Crippen LogP contribution in [0, 0.1) is 0 Å². The Morgan fingerprint density at radius 3 is 2.18 bits per heavy atom. The number of aryl methyl sites for hydroxylation is 1. The van der Waals surface area contributed by atoms with Gasteiger partial charge in [-0.25, -0.2) is 8.42 Å². The molecule has 3 rings (SSSR count). The fourth-order valence-corrected chi connectivity index (χ4v) is 5.09. The molecule has 1 aromatic carbocycles. The second-order valence-corrected chi connectivity index (χ2v) is 9.74. The minimum absolute atomic E-state index is 0.177. The van der Waals surface area contributed by atoms with Crippen LogP contribution in [0.2, 0.25) is 0 Å². The van der Waals surface area contributed by atoms with Gasteiger partial charge in [0.15, 0.2) is 0 Å². The highest BCUT2D eigenvalue weighted by molar-refractivity contribution is 7.89. The van der Waals surface area contributed by atoms with Crippen LogP contribution >= 0.6 is 0 Å². The number of nitrogens with zero attached hydrogens (tertiary/aromatic N) is 2. The number of hydrogen-bond donors (Lipinski definition) is 1. The summed E-state index contributed by atoms with van der Waals surface area (Å²) in [6, 6.07) is 9.49. The highest BCUT2D eigenvalue weighted by atomic mass is 32.2. The zero-order valence-electron chi connectivity index (χ0n) is 17.0. The van der Waals surface area contributed by atoms with E-state index in [0.717, 1.165) is 18.4 Å². The number of carbonyl (C=O) groups excluding carboxylic acids is 1. The summed E-state index contributed by atoms with van der Waals surface area (Å²) < 4.78 is 28.5. The van der Waals surface area contributed by atoms with Crippen LogP contribution in [0.1, 0.15) is 67.2 Å². The largest absolute Gasteiger partial charge is 0.345 e. The minimum Gasteiger partial charge on any atom is -0.345 e. The number of nitrogens with one attached hydrogen (secondary N) is 1. The molecule has 0 radical (unpaired) electrons. The molecular weight excluding hydrogens is 374 g/mol. The Morgan fingerprint density at radius 2 is 1.61 bits per heavy atom. The third-order valence-electron chi connectivity index (χ3n) is 5.37. The van der Waals surface area contributed by atoms with Crippen LogP contribution in [0.3, 0.4) is 0 Å². The van der Waals surface area contributed by atoms with Crippen molar-refractivity contribution in [2.24, 2.45) is 7.05 Å². The second-order valence-electron chi connectivity index (χ2n) is 7.80. The fraction of sp³-hybridized carbons (Fsp3) is 0.476. The molecule has 0 spiro atoms. The summed E-state index contributed by atoms with van der Waals surface area (Å²) in [4.78, 5) is 12.9. The van der Waals surface area contributed by atoms with Crippen molar-refractivity contribution >= 4 is 15.9 Å². The Balaban J connectivity index is 1.75. The number of aromatic nitrogens is 1. The van der Waals surface area contributed by atoms with E-state index in [1.54, 1.807) is 11.6 Å². The summed E-state index contributed by atoms with van der Waals surface area (Å²) >= 11 is 0. The summed E-state index contributed by atoms with van der Waals surface area (Å²) in [6.07, 6.45) is 3.28. The Kier molecular flexibility index (Phi) is 5.95.